The van der Waals surface area contributed by atoms with Gasteiger partial charge >= 0.3 is 0 Å². The molecule has 9 heteroatoms. The fourth-order valence-corrected chi connectivity index (χ4v) is 5.44. The van der Waals surface area contributed by atoms with Gasteiger partial charge in [0, 0.05) is 38.3 Å². The van der Waals surface area contributed by atoms with E-state index in [1.54, 1.807) is 43.3 Å². The van der Waals surface area contributed by atoms with Gasteiger partial charge in [-0.3, -0.25) is 19.3 Å². The van der Waals surface area contributed by atoms with E-state index in [1.807, 2.05) is 0 Å². The van der Waals surface area contributed by atoms with Crippen molar-refractivity contribution in [1.82, 2.24) is 9.80 Å². The molecule has 3 aliphatic rings. The van der Waals surface area contributed by atoms with E-state index in [4.69, 9.17) is 9.15 Å². The number of rotatable bonds is 8. The predicted molar refractivity (Wildman–Crippen MR) is 132 cm³/mol. The van der Waals surface area contributed by atoms with Crippen molar-refractivity contribution < 1.29 is 28.6 Å². The van der Waals surface area contributed by atoms with Crippen LogP contribution in [0.4, 0.5) is 5.69 Å². The smallest absolute Gasteiger partial charge is 0.290 e. The third-order valence-electron chi connectivity index (χ3n) is 7.05. The second kappa shape index (κ2) is 9.40. The molecule has 1 saturated heterocycles. The topological polar surface area (TPSA) is 104 Å². The number of aliphatic hydroxyl groups is 1. The summed E-state index contributed by atoms with van der Waals surface area (Å²) in [7, 11) is 0. The van der Waals surface area contributed by atoms with Crippen molar-refractivity contribution in [1.29, 1.82) is 0 Å². The fraction of sp³-hybridized carbons (Fsp3) is 0.370. The van der Waals surface area contributed by atoms with Crippen LogP contribution in [0.15, 0.2) is 64.8 Å². The predicted octanol–water partition coefficient (Wildman–Crippen LogP) is 2.58. The molecule has 2 aromatic rings. The average Bonchev–Trinajstić information content (AvgIpc) is 3.49. The van der Waals surface area contributed by atoms with Crippen LogP contribution in [0.1, 0.15) is 28.3 Å². The van der Waals surface area contributed by atoms with Gasteiger partial charge in [-0.05, 0) is 31.5 Å². The Hall–Kier alpha value is -3.69. The molecular formula is C27H29N3O6. The van der Waals surface area contributed by atoms with Crippen LogP contribution in [-0.4, -0.2) is 78.4 Å². The maximum Gasteiger partial charge on any atom is 0.290 e. The number of hydrogen-bond donors (Lipinski definition) is 1. The minimum absolute atomic E-state index is 0.0381. The van der Waals surface area contributed by atoms with E-state index in [-0.39, 0.29) is 24.4 Å². The van der Waals surface area contributed by atoms with Gasteiger partial charge in [-0.1, -0.05) is 24.3 Å². The van der Waals surface area contributed by atoms with E-state index in [2.05, 4.69) is 11.5 Å². The van der Waals surface area contributed by atoms with Crippen LogP contribution in [0, 0.1) is 6.92 Å². The fourth-order valence-electron chi connectivity index (χ4n) is 5.44. The molecule has 36 heavy (non-hydrogen) atoms. The van der Waals surface area contributed by atoms with Crippen LogP contribution in [0.2, 0.25) is 0 Å². The molecule has 0 unspecified atom stereocenters. The number of benzene rings is 1. The highest BCUT2D eigenvalue weighted by atomic mass is 16.5. The Morgan fingerprint density at radius 2 is 1.89 bits per heavy atom. The lowest BCUT2D eigenvalue weighted by atomic mass is 9.81. The highest BCUT2D eigenvalue weighted by Gasteiger charge is 2.65. The lowest BCUT2D eigenvalue weighted by Crippen LogP contribution is -2.54. The van der Waals surface area contributed by atoms with E-state index in [0.29, 0.717) is 43.2 Å². The summed E-state index contributed by atoms with van der Waals surface area (Å²) in [5.74, 6) is -2.15. The standard InChI is InChI=1S/C27H29N3O6/c1-3-11-29-20-8-5-4-7-19(20)27(26(29)34)22(23(31)21-10-9-18(2)36-21)24(32)25(33)30(27)13-6-12-28-14-16-35-17-15-28/h3-5,7-10,32H,1,6,11-17H2,2H3/t27-/m0/s1. The van der Waals surface area contributed by atoms with Gasteiger partial charge in [0.05, 0.1) is 24.5 Å². The van der Waals surface area contributed by atoms with Crippen LogP contribution < -0.4 is 4.90 Å². The molecule has 0 bridgehead atoms. The largest absolute Gasteiger partial charge is 0.503 e. The van der Waals surface area contributed by atoms with Gasteiger partial charge < -0.3 is 24.1 Å². The van der Waals surface area contributed by atoms with E-state index < -0.39 is 28.9 Å². The zero-order chi connectivity index (χ0) is 25.4. The number of ether oxygens (including phenoxy) is 1. The van der Waals surface area contributed by atoms with E-state index in [1.165, 1.54) is 15.9 Å². The number of furan rings is 1. The van der Waals surface area contributed by atoms with Crippen LogP contribution in [0.25, 0.3) is 0 Å². The zero-order valence-electron chi connectivity index (χ0n) is 20.2. The van der Waals surface area contributed by atoms with Crippen molar-refractivity contribution in [3.05, 3.63) is 77.5 Å². The first-order valence-corrected chi connectivity index (χ1v) is 12.1. The number of anilines is 1. The molecule has 0 aliphatic carbocycles. The molecule has 0 saturated carbocycles. The van der Waals surface area contributed by atoms with Gasteiger partial charge in [-0.2, -0.15) is 0 Å². The van der Waals surface area contributed by atoms with Gasteiger partial charge in [-0.25, -0.2) is 0 Å². The highest BCUT2D eigenvalue weighted by molar-refractivity contribution is 6.25. The lowest BCUT2D eigenvalue weighted by molar-refractivity contribution is -0.139. The Balaban J connectivity index is 1.60. The molecule has 4 heterocycles. The van der Waals surface area contributed by atoms with Gasteiger partial charge in [0.1, 0.15) is 5.76 Å². The Labute approximate surface area is 209 Å². The van der Waals surface area contributed by atoms with Gasteiger partial charge in [0.25, 0.3) is 11.8 Å². The number of nitrogens with zero attached hydrogens (tertiary/aromatic N) is 3. The average molecular weight is 492 g/mol. The number of carbonyl (C=O) groups is 3. The van der Waals surface area contributed by atoms with E-state index >= 15 is 0 Å². The van der Waals surface area contributed by atoms with Crippen LogP contribution >= 0.6 is 0 Å². The molecule has 0 radical (unpaired) electrons. The normalized spacial score (nSPS) is 22.1. The molecule has 1 atom stereocenters. The summed E-state index contributed by atoms with van der Waals surface area (Å²) in [5, 5.41) is 11.1. The summed E-state index contributed by atoms with van der Waals surface area (Å²) < 4.78 is 11.0. The summed E-state index contributed by atoms with van der Waals surface area (Å²) in [6.45, 7) is 9.40. The van der Waals surface area contributed by atoms with Crippen LogP contribution in [0.3, 0.4) is 0 Å². The third kappa shape index (κ3) is 3.58. The first-order chi connectivity index (χ1) is 17.4. The molecule has 1 aromatic heterocycles. The molecule has 5 rings (SSSR count). The Bertz CT molecular complexity index is 1260. The van der Waals surface area contributed by atoms with Crippen molar-refractivity contribution in [2.24, 2.45) is 0 Å². The van der Waals surface area contributed by atoms with Crippen molar-refractivity contribution in [2.45, 2.75) is 18.9 Å². The number of aliphatic hydroxyl groups excluding tert-OH is 1. The van der Waals surface area contributed by atoms with Gasteiger partial charge in [0.15, 0.2) is 17.1 Å². The second-order valence-corrected chi connectivity index (χ2v) is 9.16. The van der Waals surface area contributed by atoms with E-state index in [0.717, 1.165) is 13.1 Å². The Morgan fingerprint density at radius 1 is 1.14 bits per heavy atom. The summed E-state index contributed by atoms with van der Waals surface area (Å²) >= 11 is 0. The van der Waals surface area contributed by atoms with Gasteiger partial charge in [0.2, 0.25) is 5.78 Å². The summed E-state index contributed by atoms with van der Waals surface area (Å²) in [6, 6.07) is 10.2. The summed E-state index contributed by atoms with van der Waals surface area (Å²) in [6.07, 6.45) is 2.15. The first-order valence-electron chi connectivity index (χ1n) is 12.1. The number of ketones is 1. The molecule has 3 aliphatic heterocycles. The quantitative estimate of drug-likeness (QED) is 0.447. The third-order valence-corrected chi connectivity index (χ3v) is 7.05. The molecule has 1 aromatic carbocycles. The lowest BCUT2D eigenvalue weighted by Gasteiger charge is -2.36. The first kappa shape index (κ1) is 24.0. The number of carbonyl (C=O) groups excluding carboxylic acids is 3. The minimum atomic E-state index is -1.79. The number of amides is 2. The van der Waals surface area contributed by atoms with Crippen molar-refractivity contribution in [3.8, 4) is 0 Å². The highest BCUT2D eigenvalue weighted by Crippen LogP contribution is 2.53. The van der Waals surface area contributed by atoms with Crippen molar-refractivity contribution in [2.75, 3.05) is 50.8 Å². The summed E-state index contributed by atoms with van der Waals surface area (Å²) in [5.41, 5.74) is -1.00. The number of Topliss-reactive ketones (excluding diaryl/α,β-unsaturated/α-hetero) is 1. The molecule has 9 nitrogen and oxygen atoms in total. The summed E-state index contributed by atoms with van der Waals surface area (Å²) in [4.78, 5) is 46.6. The second-order valence-electron chi connectivity index (χ2n) is 9.16. The zero-order valence-corrected chi connectivity index (χ0v) is 20.2. The number of para-hydroxylation sites is 1. The van der Waals surface area contributed by atoms with Gasteiger partial charge in [-0.15, -0.1) is 6.58 Å². The monoisotopic (exact) mass is 491 g/mol. The number of hydrogen-bond acceptors (Lipinski definition) is 7. The number of aryl methyl sites for hydroxylation is 1. The van der Waals surface area contributed by atoms with Crippen molar-refractivity contribution in [3.63, 3.8) is 0 Å². The maximum absolute atomic E-state index is 14.2. The molecule has 2 amide bonds. The molecule has 1 fully saturated rings. The molecule has 188 valence electrons. The Kier molecular flexibility index (Phi) is 6.27. The molecule has 1 spiro atoms. The molecule has 1 N–H and O–H groups in total. The number of fused-ring (bicyclic) bond motifs is 2. The molecular weight excluding hydrogens is 462 g/mol. The maximum atomic E-state index is 14.2. The Morgan fingerprint density at radius 3 is 2.58 bits per heavy atom. The SMILES string of the molecule is C=CCN1C(=O)[C@@]2(C(C(=O)c3ccc(C)o3)=C(O)C(=O)N2CCCN2CCOCC2)c2ccccc21. The van der Waals surface area contributed by atoms with Crippen LogP contribution in [-0.2, 0) is 19.9 Å². The van der Waals surface area contributed by atoms with Crippen molar-refractivity contribution >= 4 is 23.3 Å². The van der Waals surface area contributed by atoms with Crippen LogP contribution in [0.5, 0.6) is 0 Å². The van der Waals surface area contributed by atoms with E-state index in [9.17, 15) is 19.5 Å². The minimum Gasteiger partial charge on any atom is -0.503 e. The number of morpholine rings is 1.